The highest BCUT2D eigenvalue weighted by atomic mass is 16.2. The van der Waals surface area contributed by atoms with Crippen molar-refractivity contribution in [2.24, 2.45) is 0 Å². The maximum absolute atomic E-state index is 13.0. The molecular formula is C18H22N6O. The monoisotopic (exact) mass is 338 g/mol. The summed E-state index contributed by atoms with van der Waals surface area (Å²) < 4.78 is 2.02. The fourth-order valence-corrected chi connectivity index (χ4v) is 3.59. The molecule has 4 rings (SSSR count). The van der Waals surface area contributed by atoms with Gasteiger partial charge in [-0.05, 0) is 30.9 Å². The molecule has 3 aromatic heterocycles. The largest absolute Gasteiger partial charge is 0.338 e. The van der Waals surface area contributed by atoms with Crippen LogP contribution in [0.4, 0.5) is 0 Å². The molecule has 0 unspecified atom stereocenters. The maximum atomic E-state index is 13.0. The number of aromatic amines is 1. The lowest BCUT2D eigenvalue weighted by Gasteiger charge is -2.32. The van der Waals surface area contributed by atoms with E-state index in [-0.39, 0.29) is 17.7 Å². The van der Waals surface area contributed by atoms with Gasteiger partial charge in [-0.15, -0.1) is 10.2 Å². The van der Waals surface area contributed by atoms with Crippen molar-refractivity contribution in [1.29, 1.82) is 0 Å². The van der Waals surface area contributed by atoms with Crippen LogP contribution in [0, 0.1) is 0 Å². The molecule has 7 heteroatoms. The van der Waals surface area contributed by atoms with Gasteiger partial charge in [0.15, 0.2) is 5.65 Å². The van der Waals surface area contributed by atoms with Gasteiger partial charge in [0.25, 0.3) is 5.91 Å². The van der Waals surface area contributed by atoms with Crippen LogP contribution < -0.4 is 0 Å². The smallest absolute Gasteiger partial charge is 0.257 e. The first-order valence-electron chi connectivity index (χ1n) is 8.77. The number of rotatable bonds is 3. The van der Waals surface area contributed by atoms with Crippen molar-refractivity contribution < 1.29 is 4.79 Å². The Morgan fingerprint density at radius 1 is 1.32 bits per heavy atom. The molecule has 0 aromatic carbocycles. The van der Waals surface area contributed by atoms with E-state index in [9.17, 15) is 4.79 Å². The number of aromatic nitrogens is 5. The minimum Gasteiger partial charge on any atom is -0.338 e. The highest BCUT2D eigenvalue weighted by Crippen LogP contribution is 2.28. The van der Waals surface area contributed by atoms with Gasteiger partial charge < -0.3 is 4.90 Å². The fourth-order valence-electron chi connectivity index (χ4n) is 3.59. The second-order valence-electron chi connectivity index (χ2n) is 6.93. The fraction of sp³-hybridized carbons (Fsp3) is 0.444. The van der Waals surface area contributed by atoms with Crippen molar-refractivity contribution in [3.05, 3.63) is 47.7 Å². The lowest BCUT2D eigenvalue weighted by Crippen LogP contribution is -2.39. The van der Waals surface area contributed by atoms with Gasteiger partial charge in [-0.3, -0.25) is 14.3 Å². The number of likely N-dealkylation sites (tertiary alicyclic amines) is 1. The van der Waals surface area contributed by atoms with Crippen LogP contribution >= 0.6 is 0 Å². The molecule has 1 atom stereocenters. The van der Waals surface area contributed by atoms with E-state index in [0.29, 0.717) is 12.1 Å². The van der Waals surface area contributed by atoms with Gasteiger partial charge in [0.1, 0.15) is 5.82 Å². The van der Waals surface area contributed by atoms with Crippen LogP contribution in [0.15, 0.2) is 30.6 Å². The molecule has 7 nitrogen and oxygen atoms in total. The van der Waals surface area contributed by atoms with Gasteiger partial charge >= 0.3 is 0 Å². The second-order valence-corrected chi connectivity index (χ2v) is 6.93. The van der Waals surface area contributed by atoms with Crippen LogP contribution in [0.5, 0.6) is 0 Å². The van der Waals surface area contributed by atoms with Crippen LogP contribution in [0.2, 0.25) is 0 Å². The lowest BCUT2D eigenvalue weighted by atomic mass is 9.96. The molecule has 0 radical (unpaired) electrons. The summed E-state index contributed by atoms with van der Waals surface area (Å²) in [5, 5.41) is 15.7. The van der Waals surface area contributed by atoms with Crippen molar-refractivity contribution in [3.63, 3.8) is 0 Å². The first-order chi connectivity index (χ1) is 12.1. The average Bonchev–Trinajstić information content (AvgIpc) is 3.28. The van der Waals surface area contributed by atoms with E-state index in [2.05, 4.69) is 34.2 Å². The van der Waals surface area contributed by atoms with Crippen LogP contribution in [0.1, 0.15) is 60.4 Å². The summed E-state index contributed by atoms with van der Waals surface area (Å²) in [5.41, 5.74) is 2.43. The Morgan fingerprint density at radius 2 is 2.20 bits per heavy atom. The van der Waals surface area contributed by atoms with E-state index in [0.717, 1.165) is 36.6 Å². The molecule has 3 aromatic rings. The number of amides is 1. The summed E-state index contributed by atoms with van der Waals surface area (Å²) >= 11 is 0. The van der Waals surface area contributed by atoms with Crippen molar-refractivity contribution in [1.82, 2.24) is 29.7 Å². The molecule has 1 saturated heterocycles. The SMILES string of the molecule is CC(C)c1[nH]ncc1C(=O)N1CCC[C@@H](c2nnc3ccccn23)C1. The zero-order valence-electron chi connectivity index (χ0n) is 14.5. The van der Waals surface area contributed by atoms with Crippen molar-refractivity contribution >= 4 is 11.6 Å². The summed E-state index contributed by atoms with van der Waals surface area (Å²) in [6.07, 6.45) is 5.61. The summed E-state index contributed by atoms with van der Waals surface area (Å²) in [7, 11) is 0. The van der Waals surface area contributed by atoms with Gasteiger partial charge in [-0.2, -0.15) is 5.10 Å². The average molecular weight is 338 g/mol. The summed E-state index contributed by atoms with van der Waals surface area (Å²) in [6, 6.07) is 5.88. The number of nitrogens with one attached hydrogen (secondary N) is 1. The molecule has 1 N–H and O–H groups in total. The summed E-state index contributed by atoms with van der Waals surface area (Å²) in [5.74, 6) is 1.42. The molecule has 0 aliphatic carbocycles. The van der Waals surface area contributed by atoms with Crippen LogP contribution in [-0.2, 0) is 0 Å². The Morgan fingerprint density at radius 3 is 3.04 bits per heavy atom. The summed E-state index contributed by atoms with van der Waals surface area (Å²) in [6.45, 7) is 5.56. The minimum absolute atomic E-state index is 0.0518. The number of hydrogen-bond acceptors (Lipinski definition) is 4. The van der Waals surface area contributed by atoms with Crippen LogP contribution in [0.3, 0.4) is 0 Å². The third-order valence-corrected chi connectivity index (χ3v) is 4.89. The molecule has 1 aliphatic heterocycles. The van der Waals surface area contributed by atoms with E-state index in [1.165, 1.54) is 0 Å². The van der Waals surface area contributed by atoms with E-state index in [4.69, 9.17) is 0 Å². The van der Waals surface area contributed by atoms with Crippen LogP contribution in [0.25, 0.3) is 5.65 Å². The topological polar surface area (TPSA) is 79.2 Å². The first kappa shape index (κ1) is 15.8. The van der Waals surface area contributed by atoms with Gasteiger partial charge in [0.2, 0.25) is 0 Å². The number of carbonyl (C=O) groups excluding carboxylic acids is 1. The lowest BCUT2D eigenvalue weighted by molar-refractivity contribution is 0.0702. The zero-order valence-corrected chi connectivity index (χ0v) is 14.5. The molecule has 25 heavy (non-hydrogen) atoms. The number of fused-ring (bicyclic) bond motifs is 1. The number of nitrogens with zero attached hydrogens (tertiary/aromatic N) is 5. The predicted molar refractivity (Wildman–Crippen MR) is 93.5 cm³/mol. The maximum Gasteiger partial charge on any atom is 0.257 e. The quantitative estimate of drug-likeness (QED) is 0.796. The molecule has 0 spiro atoms. The standard InChI is InChI=1S/C18H22N6O/c1-12(2)16-14(10-19-21-16)18(25)23-8-5-6-13(11-23)17-22-20-15-7-3-4-9-24(15)17/h3-4,7,9-10,12-13H,5-6,8,11H2,1-2H3,(H,19,21)/t13-/m1/s1. The molecule has 0 saturated carbocycles. The Labute approximate surface area is 146 Å². The predicted octanol–water partition coefficient (Wildman–Crippen LogP) is 2.60. The van der Waals surface area contributed by atoms with E-state index < -0.39 is 0 Å². The number of H-pyrrole nitrogens is 1. The number of hydrogen-bond donors (Lipinski definition) is 1. The first-order valence-corrected chi connectivity index (χ1v) is 8.77. The van der Waals surface area contributed by atoms with E-state index in [1.807, 2.05) is 33.7 Å². The molecule has 1 aliphatic rings. The summed E-state index contributed by atoms with van der Waals surface area (Å²) in [4.78, 5) is 14.9. The van der Waals surface area contributed by atoms with E-state index in [1.54, 1.807) is 6.20 Å². The van der Waals surface area contributed by atoms with Gasteiger partial charge in [-0.25, -0.2) is 0 Å². The number of pyridine rings is 1. The molecule has 1 amide bonds. The Bertz CT molecular complexity index is 896. The molecule has 130 valence electrons. The van der Waals surface area contributed by atoms with Crippen LogP contribution in [-0.4, -0.2) is 48.7 Å². The van der Waals surface area contributed by atoms with Crippen molar-refractivity contribution in [2.45, 2.75) is 38.5 Å². The Kier molecular flexibility index (Phi) is 3.99. The van der Waals surface area contributed by atoms with Crippen molar-refractivity contribution in [2.75, 3.05) is 13.1 Å². The molecule has 4 heterocycles. The van der Waals surface area contributed by atoms with Gasteiger partial charge in [0, 0.05) is 25.2 Å². The highest BCUT2D eigenvalue weighted by molar-refractivity contribution is 5.95. The second kappa shape index (κ2) is 6.31. The number of piperidine rings is 1. The zero-order chi connectivity index (χ0) is 17.4. The third kappa shape index (κ3) is 2.79. The highest BCUT2D eigenvalue weighted by Gasteiger charge is 2.30. The van der Waals surface area contributed by atoms with Crippen molar-refractivity contribution in [3.8, 4) is 0 Å². The third-order valence-electron chi connectivity index (χ3n) is 4.89. The Hall–Kier alpha value is -2.70. The molecule has 0 bridgehead atoms. The Balaban J connectivity index is 1.59. The molecular weight excluding hydrogens is 316 g/mol. The molecule has 1 fully saturated rings. The normalized spacial score (nSPS) is 18.2. The number of carbonyl (C=O) groups is 1. The van der Waals surface area contributed by atoms with Gasteiger partial charge in [-0.1, -0.05) is 19.9 Å². The minimum atomic E-state index is 0.0518. The van der Waals surface area contributed by atoms with E-state index >= 15 is 0 Å². The van der Waals surface area contributed by atoms with Gasteiger partial charge in [0.05, 0.1) is 17.5 Å².